The Hall–Kier alpha value is -0.260. The molecule has 0 bridgehead atoms. The minimum absolute atomic E-state index is 0.806. The zero-order valence-electron chi connectivity index (χ0n) is 12.0. The van der Waals surface area contributed by atoms with Crippen molar-refractivity contribution in [3.63, 3.8) is 0 Å². The van der Waals surface area contributed by atoms with E-state index < -0.39 is 0 Å². The van der Waals surface area contributed by atoms with Crippen LogP contribution >= 0.6 is 0 Å². The van der Waals surface area contributed by atoms with Crippen molar-refractivity contribution < 1.29 is 0 Å². The molecule has 0 heterocycles. The van der Waals surface area contributed by atoms with Gasteiger partial charge in [-0.1, -0.05) is 78.4 Å². The van der Waals surface area contributed by atoms with E-state index in [2.05, 4.69) is 39.8 Å². The number of rotatable bonds is 10. The van der Waals surface area contributed by atoms with Gasteiger partial charge in [0.2, 0.25) is 0 Å². The Balaban J connectivity index is 3.30. The number of unbranched alkanes of at least 4 members (excludes halogenated alkanes) is 4. The van der Waals surface area contributed by atoms with Gasteiger partial charge in [-0.15, -0.1) is 0 Å². The van der Waals surface area contributed by atoms with Crippen molar-refractivity contribution in [3.05, 3.63) is 12.2 Å². The highest BCUT2D eigenvalue weighted by atomic mass is 14.0. The summed E-state index contributed by atoms with van der Waals surface area (Å²) in [5.74, 6) is 1.69. The van der Waals surface area contributed by atoms with Crippen LogP contribution in [-0.2, 0) is 0 Å². The second-order valence-corrected chi connectivity index (χ2v) is 5.64. The van der Waals surface area contributed by atoms with E-state index in [4.69, 9.17) is 0 Å². The third-order valence-electron chi connectivity index (χ3n) is 3.11. The smallest absolute Gasteiger partial charge is 0.0325 e. The molecule has 0 aromatic rings. The molecule has 0 aliphatic rings. The van der Waals surface area contributed by atoms with Crippen LogP contribution in [0.1, 0.15) is 79.1 Å². The van der Waals surface area contributed by atoms with Crippen molar-refractivity contribution in [1.29, 1.82) is 0 Å². The molecule has 0 rings (SSSR count). The average molecular weight is 224 g/mol. The Morgan fingerprint density at radius 2 is 1.44 bits per heavy atom. The lowest BCUT2D eigenvalue weighted by Crippen LogP contribution is -1.93. The van der Waals surface area contributed by atoms with Crippen LogP contribution in [0.25, 0.3) is 0 Å². The van der Waals surface area contributed by atoms with Crippen molar-refractivity contribution in [1.82, 2.24) is 0 Å². The van der Waals surface area contributed by atoms with Crippen molar-refractivity contribution in [2.75, 3.05) is 0 Å². The van der Waals surface area contributed by atoms with Crippen LogP contribution in [0, 0.1) is 11.8 Å². The Morgan fingerprint density at radius 3 is 2.06 bits per heavy atom. The normalized spacial score (nSPS) is 13.8. The molecule has 0 aromatic heterocycles. The number of hydrogen-bond acceptors (Lipinski definition) is 0. The zero-order chi connectivity index (χ0) is 12.2. The topological polar surface area (TPSA) is 0 Å². The van der Waals surface area contributed by atoms with Crippen LogP contribution < -0.4 is 0 Å². The lowest BCUT2D eigenvalue weighted by Gasteiger charge is -2.08. The van der Waals surface area contributed by atoms with E-state index in [0.29, 0.717) is 0 Å². The summed E-state index contributed by atoms with van der Waals surface area (Å²) in [7, 11) is 0. The average Bonchev–Trinajstić information content (AvgIpc) is 2.24. The van der Waals surface area contributed by atoms with Crippen molar-refractivity contribution in [2.45, 2.75) is 79.1 Å². The van der Waals surface area contributed by atoms with E-state index in [1.807, 2.05) is 0 Å². The molecule has 0 heteroatoms. The van der Waals surface area contributed by atoms with E-state index >= 15 is 0 Å². The maximum atomic E-state index is 2.39. The summed E-state index contributed by atoms with van der Waals surface area (Å²) >= 11 is 0. The quantitative estimate of drug-likeness (QED) is 0.316. The Labute approximate surface area is 104 Å². The third-order valence-corrected chi connectivity index (χ3v) is 3.11. The fourth-order valence-electron chi connectivity index (χ4n) is 1.91. The lowest BCUT2D eigenvalue weighted by molar-refractivity contribution is 0.489. The molecule has 0 nitrogen and oxygen atoms in total. The van der Waals surface area contributed by atoms with Gasteiger partial charge in [0.25, 0.3) is 0 Å². The van der Waals surface area contributed by atoms with Gasteiger partial charge in [-0.2, -0.15) is 0 Å². The molecule has 0 N–H and O–H groups in total. The van der Waals surface area contributed by atoms with E-state index in [9.17, 15) is 0 Å². The molecular weight excluding hydrogens is 192 g/mol. The molecule has 0 aromatic carbocycles. The minimum atomic E-state index is 0.806. The van der Waals surface area contributed by atoms with Crippen LogP contribution in [0.15, 0.2) is 12.2 Å². The third kappa shape index (κ3) is 11.8. The SMILES string of the molecule is CCCCCCC[C@@H](C)C/C=C/CC(C)C. The second kappa shape index (κ2) is 11.2. The summed E-state index contributed by atoms with van der Waals surface area (Å²) in [4.78, 5) is 0. The Bertz CT molecular complexity index is 155. The number of hydrogen-bond donors (Lipinski definition) is 0. The van der Waals surface area contributed by atoms with Gasteiger partial charge in [-0.05, 0) is 24.7 Å². The molecule has 0 spiro atoms. The molecule has 0 amide bonds. The van der Waals surface area contributed by atoms with E-state index in [1.54, 1.807) is 0 Å². The summed E-state index contributed by atoms with van der Waals surface area (Å²) in [5.41, 5.74) is 0. The van der Waals surface area contributed by atoms with Crippen LogP contribution in [0.3, 0.4) is 0 Å². The zero-order valence-corrected chi connectivity index (χ0v) is 12.0. The van der Waals surface area contributed by atoms with Gasteiger partial charge in [0, 0.05) is 0 Å². The van der Waals surface area contributed by atoms with Gasteiger partial charge in [-0.25, -0.2) is 0 Å². The first kappa shape index (κ1) is 15.7. The van der Waals surface area contributed by atoms with Crippen LogP contribution in [0.2, 0.25) is 0 Å². The first-order valence-corrected chi connectivity index (χ1v) is 7.31. The molecule has 0 saturated carbocycles. The molecule has 0 aliphatic heterocycles. The van der Waals surface area contributed by atoms with E-state index in [1.165, 1.54) is 51.4 Å². The fourth-order valence-corrected chi connectivity index (χ4v) is 1.91. The molecule has 16 heavy (non-hydrogen) atoms. The van der Waals surface area contributed by atoms with Crippen molar-refractivity contribution in [2.24, 2.45) is 11.8 Å². The Kier molecular flexibility index (Phi) is 11.0. The molecular formula is C16H32. The second-order valence-electron chi connectivity index (χ2n) is 5.64. The van der Waals surface area contributed by atoms with Crippen LogP contribution in [0.5, 0.6) is 0 Å². The highest BCUT2D eigenvalue weighted by molar-refractivity contribution is 4.83. The first-order chi connectivity index (χ1) is 7.66. The van der Waals surface area contributed by atoms with Gasteiger partial charge < -0.3 is 0 Å². The van der Waals surface area contributed by atoms with Gasteiger partial charge in [0.15, 0.2) is 0 Å². The van der Waals surface area contributed by atoms with E-state index in [0.717, 1.165) is 11.8 Å². The van der Waals surface area contributed by atoms with Gasteiger partial charge in [0.1, 0.15) is 0 Å². The van der Waals surface area contributed by atoms with Gasteiger partial charge >= 0.3 is 0 Å². The van der Waals surface area contributed by atoms with Crippen molar-refractivity contribution >= 4 is 0 Å². The monoisotopic (exact) mass is 224 g/mol. The maximum Gasteiger partial charge on any atom is -0.0325 e. The largest absolute Gasteiger partial charge is 0.0883 e. The molecule has 1 atom stereocenters. The summed E-state index contributed by atoms with van der Waals surface area (Å²) in [5, 5.41) is 0. The summed E-state index contributed by atoms with van der Waals surface area (Å²) in [6.45, 7) is 9.23. The molecule has 0 saturated heterocycles. The summed E-state index contributed by atoms with van der Waals surface area (Å²) in [6.07, 6.45) is 15.8. The van der Waals surface area contributed by atoms with Crippen LogP contribution in [0.4, 0.5) is 0 Å². The van der Waals surface area contributed by atoms with Gasteiger partial charge in [-0.3, -0.25) is 0 Å². The predicted molar refractivity (Wildman–Crippen MR) is 75.8 cm³/mol. The molecule has 0 radical (unpaired) electrons. The molecule has 0 unspecified atom stereocenters. The van der Waals surface area contributed by atoms with Crippen LogP contribution in [-0.4, -0.2) is 0 Å². The molecule has 0 fully saturated rings. The predicted octanol–water partition coefficient (Wildman–Crippen LogP) is 5.98. The maximum absolute atomic E-state index is 2.39. The highest BCUT2D eigenvalue weighted by Gasteiger charge is 1.99. The van der Waals surface area contributed by atoms with Crippen molar-refractivity contribution in [3.8, 4) is 0 Å². The standard InChI is InChI=1S/C16H32/c1-5-6-7-8-9-13-16(4)14-11-10-12-15(2)3/h10-11,15-16H,5-9,12-14H2,1-4H3/b11-10+/t16-/m1/s1. The lowest BCUT2D eigenvalue weighted by atomic mass is 9.98. The highest BCUT2D eigenvalue weighted by Crippen LogP contribution is 2.15. The summed E-state index contributed by atoms with van der Waals surface area (Å²) in [6, 6.07) is 0. The Morgan fingerprint density at radius 1 is 0.812 bits per heavy atom. The molecule has 0 aliphatic carbocycles. The number of allylic oxidation sites excluding steroid dienone is 2. The summed E-state index contributed by atoms with van der Waals surface area (Å²) < 4.78 is 0. The fraction of sp³-hybridized carbons (Fsp3) is 0.875. The van der Waals surface area contributed by atoms with Gasteiger partial charge in [0.05, 0.1) is 0 Å². The minimum Gasteiger partial charge on any atom is -0.0883 e. The molecule has 96 valence electrons. The first-order valence-electron chi connectivity index (χ1n) is 7.31. The van der Waals surface area contributed by atoms with E-state index in [-0.39, 0.29) is 0 Å².